The number of likely N-dealkylation sites (tertiary alicyclic amines) is 1. The molecule has 1 aliphatic rings. The third-order valence-electron chi connectivity index (χ3n) is 7.70. The quantitative estimate of drug-likeness (QED) is 0.219. The zero-order valence-corrected chi connectivity index (χ0v) is 23.1. The number of rotatable bonds is 6. The molecule has 1 fully saturated rings. The molecule has 5 aromatic rings. The fourth-order valence-electron chi connectivity index (χ4n) is 5.30. The van der Waals surface area contributed by atoms with Crippen molar-refractivity contribution < 1.29 is 9.13 Å². The molecule has 4 heterocycles. The van der Waals surface area contributed by atoms with E-state index in [0.717, 1.165) is 47.1 Å². The van der Waals surface area contributed by atoms with Crippen molar-refractivity contribution >= 4 is 37.3 Å². The second kappa shape index (κ2) is 10.8. The Morgan fingerprint density at radius 1 is 1.12 bits per heavy atom. The van der Waals surface area contributed by atoms with Crippen LogP contribution < -0.4 is 10.3 Å². The first-order chi connectivity index (χ1) is 19.4. The van der Waals surface area contributed by atoms with Crippen LogP contribution in [0.3, 0.4) is 0 Å². The maximum Gasteiger partial charge on any atom is 0.288 e. The third kappa shape index (κ3) is 4.96. The Morgan fingerprint density at radius 3 is 2.65 bits per heavy atom. The van der Waals surface area contributed by atoms with Gasteiger partial charge in [-0.15, -0.1) is 11.3 Å². The molecule has 6 rings (SSSR count). The van der Waals surface area contributed by atoms with Gasteiger partial charge in [-0.05, 0) is 75.0 Å². The van der Waals surface area contributed by atoms with Crippen LogP contribution in [0.2, 0.25) is 0 Å². The van der Waals surface area contributed by atoms with Crippen LogP contribution in [0.1, 0.15) is 31.4 Å². The Bertz CT molecular complexity index is 1800. The monoisotopic (exact) mass is 553 g/mol. The maximum absolute atomic E-state index is 14.9. The van der Waals surface area contributed by atoms with Crippen molar-refractivity contribution in [2.45, 2.75) is 25.8 Å². The molecule has 1 atom stereocenters. The lowest BCUT2D eigenvalue weighted by molar-refractivity contribution is 0.159. The number of aromatic nitrogens is 3. The van der Waals surface area contributed by atoms with Crippen molar-refractivity contribution in [3.63, 3.8) is 0 Å². The molecule has 0 saturated carbocycles. The van der Waals surface area contributed by atoms with Crippen LogP contribution >= 0.6 is 11.3 Å². The maximum atomic E-state index is 14.9. The van der Waals surface area contributed by atoms with Crippen molar-refractivity contribution in [3.8, 4) is 17.1 Å². The predicted molar refractivity (Wildman–Crippen MR) is 157 cm³/mol. The van der Waals surface area contributed by atoms with Gasteiger partial charge in [-0.1, -0.05) is 30.3 Å². The molecular formula is C31H28FN5O2S. The molecule has 0 aliphatic carbocycles. The molecule has 2 aromatic carbocycles. The summed E-state index contributed by atoms with van der Waals surface area (Å²) in [6.45, 7) is 12.1. The largest absolute Gasteiger partial charge is 0.490 e. The second-order valence-electron chi connectivity index (χ2n) is 10.4. The van der Waals surface area contributed by atoms with Crippen LogP contribution in [-0.2, 0) is 0 Å². The van der Waals surface area contributed by atoms with E-state index >= 15 is 0 Å². The second-order valence-corrected chi connectivity index (χ2v) is 11.4. The van der Waals surface area contributed by atoms with Gasteiger partial charge in [-0.25, -0.2) is 19.2 Å². The van der Waals surface area contributed by atoms with Crippen LogP contribution in [0.5, 0.6) is 5.75 Å². The van der Waals surface area contributed by atoms with Gasteiger partial charge in [0, 0.05) is 15.6 Å². The molecular weight excluding hydrogens is 525 g/mol. The SMILES string of the molecule is [C-]#[N+]c1ccc2sc3c(cc(F)c(=O)n3[C@@H](C)c3cccc(-c4ncc(OCC5CCN(C)CC5)cn4)c3)c2c1. The molecule has 0 spiro atoms. The number of nitrogens with zero attached hydrogens (tertiary/aromatic N) is 5. The normalized spacial score (nSPS) is 15.3. The summed E-state index contributed by atoms with van der Waals surface area (Å²) in [7, 11) is 2.15. The smallest absolute Gasteiger partial charge is 0.288 e. The summed E-state index contributed by atoms with van der Waals surface area (Å²) >= 11 is 1.42. The number of benzene rings is 2. The molecule has 9 heteroatoms. The Morgan fingerprint density at radius 2 is 1.90 bits per heavy atom. The number of thiophene rings is 1. The van der Waals surface area contributed by atoms with Crippen LogP contribution in [-0.4, -0.2) is 46.2 Å². The van der Waals surface area contributed by atoms with Gasteiger partial charge in [0.25, 0.3) is 5.56 Å². The number of piperidine rings is 1. The zero-order chi connectivity index (χ0) is 27.8. The first-order valence-corrected chi connectivity index (χ1v) is 14.1. The van der Waals surface area contributed by atoms with Crippen molar-refractivity contribution in [2.24, 2.45) is 5.92 Å². The van der Waals surface area contributed by atoms with Crippen LogP contribution in [0.25, 0.3) is 36.5 Å². The van der Waals surface area contributed by atoms with Gasteiger partial charge in [0.1, 0.15) is 4.83 Å². The molecule has 0 N–H and O–H groups in total. The first-order valence-electron chi connectivity index (χ1n) is 13.3. The minimum atomic E-state index is -0.817. The van der Waals surface area contributed by atoms with E-state index in [4.69, 9.17) is 11.3 Å². The Hall–Kier alpha value is -4.13. The summed E-state index contributed by atoms with van der Waals surface area (Å²) in [5, 5.41) is 1.40. The summed E-state index contributed by atoms with van der Waals surface area (Å²) in [5.74, 6) is 0.919. The van der Waals surface area contributed by atoms with Gasteiger partial charge in [-0.3, -0.25) is 9.36 Å². The van der Waals surface area contributed by atoms with E-state index in [2.05, 4.69) is 26.8 Å². The first kappa shape index (κ1) is 26.1. The average molecular weight is 554 g/mol. The van der Waals surface area contributed by atoms with E-state index in [1.54, 1.807) is 24.5 Å². The fraction of sp³-hybridized carbons (Fsp3) is 0.290. The van der Waals surface area contributed by atoms with Crippen molar-refractivity contribution in [1.82, 2.24) is 19.4 Å². The molecule has 202 valence electrons. The summed E-state index contributed by atoms with van der Waals surface area (Å²) < 4.78 is 23.3. The molecule has 7 nitrogen and oxygen atoms in total. The van der Waals surface area contributed by atoms with Gasteiger partial charge in [0.15, 0.2) is 23.1 Å². The summed E-state index contributed by atoms with van der Waals surface area (Å²) in [6.07, 6.45) is 5.65. The highest BCUT2D eigenvalue weighted by molar-refractivity contribution is 7.25. The van der Waals surface area contributed by atoms with Gasteiger partial charge < -0.3 is 9.64 Å². The molecule has 0 unspecified atom stereocenters. The minimum Gasteiger partial charge on any atom is -0.490 e. The van der Waals surface area contributed by atoms with Gasteiger partial charge >= 0.3 is 0 Å². The fourth-order valence-corrected chi connectivity index (χ4v) is 6.54. The minimum absolute atomic E-state index is 0.448. The van der Waals surface area contributed by atoms with E-state index in [9.17, 15) is 9.18 Å². The lowest BCUT2D eigenvalue weighted by Crippen LogP contribution is -2.32. The molecule has 1 saturated heterocycles. The van der Waals surface area contributed by atoms with Crippen molar-refractivity contribution in [3.05, 3.63) is 94.1 Å². The molecule has 1 aliphatic heterocycles. The highest BCUT2D eigenvalue weighted by atomic mass is 32.1. The Balaban J connectivity index is 1.28. The number of hydrogen-bond donors (Lipinski definition) is 0. The zero-order valence-electron chi connectivity index (χ0n) is 22.3. The standard InChI is InChI=1S/C31H28FN5O2S/c1-19(37-30(38)27(32)15-26-25-14-23(33-2)7-8-28(25)40-31(26)37)21-5-4-6-22(13-21)29-34-16-24(17-35-29)39-18-20-9-11-36(3)12-10-20/h4-8,13-17,19-20H,9-12,18H2,1,3H3/t19-/m0/s1. The lowest BCUT2D eigenvalue weighted by Gasteiger charge is -2.28. The van der Waals surface area contributed by atoms with E-state index in [-0.39, 0.29) is 0 Å². The van der Waals surface area contributed by atoms with E-state index < -0.39 is 17.4 Å². The average Bonchev–Trinajstić information content (AvgIpc) is 3.34. The third-order valence-corrected chi connectivity index (χ3v) is 8.88. The molecule has 40 heavy (non-hydrogen) atoms. The molecule has 0 bridgehead atoms. The highest BCUT2D eigenvalue weighted by Crippen LogP contribution is 2.37. The number of ether oxygens (including phenoxy) is 1. The van der Waals surface area contributed by atoms with E-state index in [1.807, 2.05) is 37.3 Å². The van der Waals surface area contributed by atoms with Crippen molar-refractivity contribution in [2.75, 3.05) is 26.7 Å². The predicted octanol–water partition coefficient (Wildman–Crippen LogP) is 6.69. The highest BCUT2D eigenvalue weighted by Gasteiger charge is 2.21. The van der Waals surface area contributed by atoms with E-state index in [1.165, 1.54) is 22.0 Å². The molecule has 0 radical (unpaired) electrons. The van der Waals surface area contributed by atoms with Gasteiger partial charge in [0.05, 0.1) is 31.6 Å². The molecule has 0 amide bonds. The Labute approximate surface area is 235 Å². The summed E-state index contributed by atoms with van der Waals surface area (Å²) in [5.41, 5.74) is 1.43. The summed E-state index contributed by atoms with van der Waals surface area (Å²) in [4.78, 5) is 28.7. The summed E-state index contributed by atoms with van der Waals surface area (Å²) in [6, 6.07) is 13.8. The van der Waals surface area contributed by atoms with Crippen LogP contribution in [0, 0.1) is 18.3 Å². The van der Waals surface area contributed by atoms with E-state index in [0.29, 0.717) is 40.0 Å². The Kier molecular flexibility index (Phi) is 7.05. The number of hydrogen-bond acceptors (Lipinski definition) is 6. The number of halogens is 1. The topological polar surface area (TPSA) is 64.6 Å². The lowest BCUT2D eigenvalue weighted by atomic mass is 9.98. The number of fused-ring (bicyclic) bond motifs is 3. The van der Waals surface area contributed by atoms with Crippen molar-refractivity contribution in [1.29, 1.82) is 0 Å². The van der Waals surface area contributed by atoms with Gasteiger partial charge in [0.2, 0.25) is 0 Å². The molecule has 3 aromatic heterocycles. The van der Waals surface area contributed by atoms with Gasteiger partial charge in [-0.2, -0.15) is 0 Å². The van der Waals surface area contributed by atoms with Crippen LogP contribution in [0.4, 0.5) is 10.1 Å². The van der Waals surface area contributed by atoms with Crippen LogP contribution in [0.15, 0.2) is 65.7 Å². The number of pyridine rings is 1.